The number of aliphatic hydroxyl groups is 1. The monoisotopic (exact) mass is 1470 g/mol. The first-order valence-corrected chi connectivity index (χ1v) is 33.4. The molecule has 36 nitrogen and oxygen atoms in total. The van der Waals surface area contributed by atoms with Crippen molar-refractivity contribution < 1.29 is 9.84 Å². The number of nitrogens with one attached hydrogen (secondary N) is 10. The van der Waals surface area contributed by atoms with E-state index in [0.717, 1.165) is 91.8 Å². The van der Waals surface area contributed by atoms with Gasteiger partial charge in [0.05, 0.1) is 29.0 Å². The van der Waals surface area contributed by atoms with Crippen molar-refractivity contribution in [3.63, 3.8) is 0 Å². The number of rotatable bonds is 3. The summed E-state index contributed by atoms with van der Waals surface area (Å²) in [5, 5.41) is 67.4. The van der Waals surface area contributed by atoms with Crippen molar-refractivity contribution in [3.05, 3.63) is 252 Å². The van der Waals surface area contributed by atoms with Gasteiger partial charge in [0.25, 0.3) is 0 Å². The Morgan fingerprint density at radius 3 is 1.38 bits per heavy atom. The van der Waals surface area contributed by atoms with Gasteiger partial charge >= 0.3 is 11.7 Å². The summed E-state index contributed by atoms with van der Waals surface area (Å²) >= 11 is 3.40. The van der Waals surface area contributed by atoms with Crippen LogP contribution in [0.4, 0.5) is 0 Å². The first kappa shape index (κ1) is 89.8. The van der Waals surface area contributed by atoms with Crippen LogP contribution in [0.5, 0.6) is 6.01 Å². The molecular weight excluding hydrogens is 1370 g/mol. The van der Waals surface area contributed by atoms with Gasteiger partial charge < -0.3 is 24.4 Å². The zero-order valence-corrected chi connectivity index (χ0v) is 64.5. The summed E-state index contributed by atoms with van der Waals surface area (Å²) in [7, 11) is 3.44. The zero-order chi connectivity index (χ0) is 77.3. The van der Waals surface area contributed by atoms with Gasteiger partial charge in [-0.3, -0.25) is 50.4 Å². The third-order valence-electron chi connectivity index (χ3n) is 11.1. The van der Waals surface area contributed by atoms with Gasteiger partial charge in [-0.25, -0.2) is 44.8 Å². The lowest BCUT2D eigenvalue weighted by atomic mass is 10.3. The highest BCUT2D eigenvalue weighted by atomic mass is 32.1. The second kappa shape index (κ2) is 55.6. The van der Waals surface area contributed by atoms with Crippen molar-refractivity contribution in [2.75, 3.05) is 7.11 Å². The maximum atomic E-state index is 10.1. The zero-order valence-electron chi connectivity index (χ0n) is 62.9. The van der Waals surface area contributed by atoms with E-state index in [2.05, 4.69) is 173 Å². The molecule has 0 bridgehead atoms. The van der Waals surface area contributed by atoms with E-state index in [1.165, 1.54) is 29.4 Å². The van der Waals surface area contributed by atoms with Gasteiger partial charge in [-0.1, -0.05) is 19.1 Å². The summed E-state index contributed by atoms with van der Waals surface area (Å²) in [6, 6.07) is 14.1. The van der Waals surface area contributed by atoms with Gasteiger partial charge in [-0.15, -0.1) is 38.0 Å². The number of aliphatic hydroxyl groups excluding tert-OH is 1. The number of pyridine rings is 3. The average molecular weight is 1470 g/mol. The molecule has 11 N–H and O–H groups in total. The van der Waals surface area contributed by atoms with E-state index in [-0.39, 0.29) is 12.3 Å². The summed E-state index contributed by atoms with van der Waals surface area (Å²) < 4.78 is 6.54. The number of H-pyrrole nitrogens is 10. The first-order valence-electron chi connectivity index (χ1n) is 31.7. The molecule has 0 atom stereocenters. The largest absolute Gasteiger partial charge is 0.466 e. The molecule has 15 aromatic heterocycles. The molecule has 0 radical (unpaired) electrons. The molecular formula is C66H99N33O3S2. The minimum absolute atomic E-state index is 0.0929. The predicted molar refractivity (Wildman–Crippen MR) is 400 cm³/mol. The van der Waals surface area contributed by atoms with Gasteiger partial charge in [-0.05, 0) is 166 Å². The van der Waals surface area contributed by atoms with Crippen LogP contribution in [-0.2, 0) is 20.1 Å². The quantitative estimate of drug-likeness (QED) is 0.0783. The molecule has 0 fully saturated rings. The maximum absolute atomic E-state index is 10.1. The SMILES string of the molecule is CCc1n[nH]c(C)n1.COc1n[nH]c(C)n1.Cc1ccccn1.Cc1cccnc1.Cc1ccncc1.Cc1cn[nH]n1.Cc1cnc(C)[nH]1.Cc1cnc(C)s1.Cc1n[nH]c(=O)[nH]1.Cc1n[nH]c(C)n1.Cc1nc(CO)n[nH]1.Cc1ncc[nH]1.Cc1nccs1.Cc1ncn[nH]1.Cc1nncn1C. The van der Waals surface area contributed by atoms with Crippen LogP contribution in [0.2, 0.25) is 0 Å². The molecule has 0 spiro atoms. The lowest BCUT2D eigenvalue weighted by molar-refractivity contribution is 0.272. The van der Waals surface area contributed by atoms with Gasteiger partial charge in [0.15, 0.2) is 5.82 Å². The lowest BCUT2D eigenvalue weighted by Gasteiger charge is -1.84. The Morgan fingerprint density at radius 2 is 1.19 bits per heavy atom. The molecule has 0 saturated carbocycles. The van der Waals surface area contributed by atoms with E-state index in [1.807, 2.05) is 189 Å². The van der Waals surface area contributed by atoms with Gasteiger partial charge in [0.2, 0.25) is 0 Å². The fraction of sp³-hybridized carbons (Fsp3) is 0.348. The van der Waals surface area contributed by atoms with E-state index in [4.69, 9.17) is 5.11 Å². The van der Waals surface area contributed by atoms with E-state index in [0.29, 0.717) is 17.7 Å². The van der Waals surface area contributed by atoms with Crippen molar-refractivity contribution in [2.24, 2.45) is 7.05 Å². The molecule has 0 aromatic carbocycles. The molecule has 15 heterocycles. The number of aromatic amines is 10. The highest BCUT2D eigenvalue weighted by Gasteiger charge is 1.96. The normalized spacial score (nSPS) is 9.17. The summed E-state index contributed by atoms with van der Waals surface area (Å²) in [6.07, 6.45) is 23.7. The highest BCUT2D eigenvalue weighted by Crippen LogP contribution is 2.08. The number of nitrogens with zero attached hydrogens (tertiary/aromatic N) is 23. The Labute approximate surface area is 612 Å². The van der Waals surface area contributed by atoms with Crippen LogP contribution in [0.1, 0.15) is 120 Å². The van der Waals surface area contributed by atoms with Crippen LogP contribution in [-0.4, -0.2) is 178 Å². The van der Waals surface area contributed by atoms with Gasteiger partial charge in [-0.2, -0.15) is 45.9 Å². The third kappa shape index (κ3) is 50.2. The number of thiazole rings is 2. The van der Waals surface area contributed by atoms with Crippen LogP contribution in [0.15, 0.2) is 133 Å². The van der Waals surface area contributed by atoms with Crippen molar-refractivity contribution >= 4 is 22.7 Å². The summed E-state index contributed by atoms with van der Waals surface area (Å²) in [4.78, 5) is 66.6. The molecule has 0 aliphatic rings. The molecule has 0 amide bonds. The number of imidazole rings is 2. The minimum atomic E-state index is -0.252. The predicted octanol–water partition coefficient (Wildman–Crippen LogP) is 9.71. The molecule has 104 heavy (non-hydrogen) atoms. The Hall–Kier alpha value is -12.2. The number of methoxy groups -OCH3 is 1. The van der Waals surface area contributed by atoms with Crippen molar-refractivity contribution in [1.82, 2.24) is 166 Å². The number of ether oxygens (including phenoxy) is 1. The maximum Gasteiger partial charge on any atom is 0.340 e. The molecule has 0 saturated heterocycles. The van der Waals surface area contributed by atoms with Gasteiger partial charge in [0.1, 0.15) is 83.3 Å². The fourth-order valence-corrected chi connectivity index (χ4v) is 7.19. The second-order valence-corrected chi connectivity index (χ2v) is 23.4. The molecule has 558 valence electrons. The van der Waals surface area contributed by atoms with E-state index < -0.39 is 0 Å². The van der Waals surface area contributed by atoms with E-state index >= 15 is 0 Å². The second-order valence-electron chi connectivity index (χ2n) is 20.9. The van der Waals surface area contributed by atoms with Crippen molar-refractivity contribution in [1.29, 1.82) is 0 Å². The van der Waals surface area contributed by atoms with E-state index in [1.54, 1.807) is 92.4 Å². The topological polar surface area (TPSA) is 493 Å². The van der Waals surface area contributed by atoms with Crippen molar-refractivity contribution in [3.8, 4) is 6.01 Å². The van der Waals surface area contributed by atoms with Crippen molar-refractivity contribution in [2.45, 2.75) is 145 Å². The standard InChI is InChI=1S/3C6H7N.C5H9N3.C5H8N2.C5H7NS.2C4H7N3O.2C4H7N3.C4H6N2.C4H5NS.C3H5N3O.2C3H5N3/c1-6-2-4-7-5-3-6;1-6-3-2-4-7-5-6;1-6-4-2-3-5-7-6;1-3-5-6-4(2)7-8-5;2*1-4-3-6-5(2)7-4;1-3-5-4(8-2)7-6-3;1-3-5-4(2-8)7-6-3;1-4-6-5-3-7(4)2;1-3-5-4(2)7-6-3;2*1-4-5-2-3-6-4;1-2-4-3(7)6-5-2;1-3-4-2-5-6-3;1-3-2-4-6-5-3/h3*2-5H,1H3;3H2,1-2H3,(H,6,7,8);3H,1-2H3,(H,6,7);3H,1-2H3;1-2H3,(H,5,6,7);8H,2H2,1H3,(H,5,6,7);3H,1-2H3;1-2H3,(H,5,6,7);2-3H,1H3,(H,5,6);2-3H,1H3;1H3,(H2,4,5,6,7);2*2H,1H3,(H,4,5,6). The van der Waals surface area contributed by atoms with Crippen LogP contribution in [0.3, 0.4) is 0 Å². The van der Waals surface area contributed by atoms with Crippen LogP contribution in [0.25, 0.3) is 0 Å². The third-order valence-corrected chi connectivity index (χ3v) is 12.6. The summed E-state index contributed by atoms with van der Waals surface area (Å²) in [5.74, 6) is 9.77. The van der Waals surface area contributed by atoms with Crippen LogP contribution >= 0.6 is 22.7 Å². The Kier molecular flexibility index (Phi) is 48.0. The average Bonchev–Trinajstić information content (AvgIpc) is 1.92. The van der Waals surface area contributed by atoms with Gasteiger partial charge in [0, 0.05) is 97.1 Å². The molecule has 15 aromatic rings. The fourth-order valence-electron chi connectivity index (χ4n) is 6.07. The molecule has 0 aliphatic heterocycles. The molecule has 0 unspecified atom stereocenters. The Balaban J connectivity index is 0.000000558. The Bertz CT molecular complexity index is 3910. The minimum Gasteiger partial charge on any atom is -0.466 e. The number of aryl methyl sites for hydroxylation is 20. The molecule has 0 aliphatic carbocycles. The first-order chi connectivity index (χ1) is 49.7. The molecule has 15 rings (SSSR count). The molecule has 38 heteroatoms. The lowest BCUT2D eigenvalue weighted by Crippen LogP contribution is -2.00. The number of hydrogen-bond donors (Lipinski definition) is 11. The van der Waals surface area contributed by atoms with E-state index in [9.17, 15) is 4.79 Å². The number of aromatic nitrogens is 33. The summed E-state index contributed by atoms with van der Waals surface area (Å²) in [6.45, 7) is 36.4. The summed E-state index contributed by atoms with van der Waals surface area (Å²) in [5.41, 5.74) is 5.34. The number of hydrogen-bond acceptors (Lipinski definition) is 27. The highest BCUT2D eigenvalue weighted by molar-refractivity contribution is 7.11. The van der Waals surface area contributed by atoms with Crippen LogP contribution in [0, 0.1) is 125 Å². The van der Waals surface area contributed by atoms with Crippen LogP contribution < -0.4 is 10.4 Å². The smallest absolute Gasteiger partial charge is 0.340 e. The Morgan fingerprint density at radius 1 is 0.510 bits per heavy atom.